The van der Waals surface area contributed by atoms with Crippen LogP contribution in [-0.4, -0.2) is 16.6 Å². The van der Waals surface area contributed by atoms with Gasteiger partial charge in [0.05, 0.1) is 17.1 Å². The third-order valence-electron chi connectivity index (χ3n) is 2.50. The van der Waals surface area contributed by atoms with E-state index in [9.17, 15) is 15.2 Å². The van der Waals surface area contributed by atoms with Gasteiger partial charge in [-0.2, -0.15) is 0 Å². The topological polar surface area (TPSA) is 72.6 Å². The Hall–Kier alpha value is -1.88. The number of hydrogen-bond acceptors (Lipinski definition) is 4. The van der Waals surface area contributed by atoms with Crippen LogP contribution in [0, 0.1) is 10.1 Å². The molecule has 1 atom stereocenters. The van der Waals surface area contributed by atoms with Gasteiger partial charge in [-0.05, 0) is 18.6 Å². The Morgan fingerprint density at radius 3 is 2.89 bits per heavy atom. The van der Waals surface area contributed by atoms with Crippen LogP contribution in [0.4, 0.5) is 5.69 Å². The Morgan fingerprint density at radius 2 is 2.33 bits per heavy atom. The van der Waals surface area contributed by atoms with Gasteiger partial charge in [0.1, 0.15) is 11.9 Å². The van der Waals surface area contributed by atoms with Gasteiger partial charge >= 0.3 is 0 Å². The summed E-state index contributed by atoms with van der Waals surface area (Å²) in [7, 11) is 0. The molecule has 5 heteroatoms. The fourth-order valence-corrected chi connectivity index (χ4v) is 1.49. The summed E-state index contributed by atoms with van der Waals surface area (Å²) >= 11 is 0. The molecular formula is C13H17NO4. The molecule has 0 heterocycles. The fourth-order valence-electron chi connectivity index (χ4n) is 1.49. The molecule has 1 aromatic carbocycles. The van der Waals surface area contributed by atoms with Gasteiger partial charge in [0, 0.05) is 6.07 Å². The molecule has 0 aromatic heterocycles. The van der Waals surface area contributed by atoms with Gasteiger partial charge in [0.25, 0.3) is 5.69 Å². The lowest BCUT2D eigenvalue weighted by atomic mass is 10.1. The fraction of sp³-hybridized carbons (Fsp3) is 0.385. The van der Waals surface area contributed by atoms with E-state index in [1.165, 1.54) is 24.3 Å². The van der Waals surface area contributed by atoms with Gasteiger partial charge in [-0.25, -0.2) is 0 Å². The predicted molar refractivity (Wildman–Crippen MR) is 68.7 cm³/mol. The summed E-state index contributed by atoms with van der Waals surface area (Å²) in [5.41, 5.74) is 0.0641. The Balaban J connectivity index is 2.97. The summed E-state index contributed by atoms with van der Waals surface area (Å²) in [6, 6.07) is 4.36. The van der Waals surface area contributed by atoms with Gasteiger partial charge in [-0.1, -0.05) is 19.4 Å². The van der Waals surface area contributed by atoms with Crippen LogP contribution in [0.2, 0.25) is 0 Å². The molecule has 0 saturated carbocycles. The van der Waals surface area contributed by atoms with Gasteiger partial charge in [-0.15, -0.1) is 6.58 Å². The van der Waals surface area contributed by atoms with Crippen LogP contribution >= 0.6 is 0 Å². The van der Waals surface area contributed by atoms with Crippen molar-refractivity contribution in [2.75, 3.05) is 6.61 Å². The lowest BCUT2D eigenvalue weighted by Crippen LogP contribution is -2.02. The minimum absolute atomic E-state index is 0.134. The summed E-state index contributed by atoms with van der Waals surface area (Å²) in [6.45, 7) is 6.03. The second-order valence-corrected chi connectivity index (χ2v) is 3.86. The molecule has 0 bridgehead atoms. The van der Waals surface area contributed by atoms with Crippen molar-refractivity contribution < 1.29 is 14.8 Å². The van der Waals surface area contributed by atoms with Crippen molar-refractivity contribution in [3.63, 3.8) is 0 Å². The molecule has 1 N–H and O–H groups in total. The van der Waals surface area contributed by atoms with E-state index in [4.69, 9.17) is 4.74 Å². The third-order valence-corrected chi connectivity index (χ3v) is 2.50. The Kier molecular flexibility index (Phi) is 5.32. The Bertz CT molecular complexity index is 431. The van der Waals surface area contributed by atoms with Gasteiger partial charge < -0.3 is 9.84 Å². The number of benzene rings is 1. The largest absolute Gasteiger partial charge is 0.494 e. The van der Waals surface area contributed by atoms with Crippen LogP contribution < -0.4 is 4.74 Å². The summed E-state index contributed by atoms with van der Waals surface area (Å²) in [5.74, 6) is 0.518. The van der Waals surface area contributed by atoms with E-state index in [-0.39, 0.29) is 11.3 Å². The predicted octanol–water partition coefficient (Wildman–Crippen LogP) is 2.99. The van der Waals surface area contributed by atoms with Gasteiger partial charge in [0.15, 0.2) is 0 Å². The molecule has 5 nitrogen and oxygen atoms in total. The van der Waals surface area contributed by atoms with Crippen molar-refractivity contribution in [2.24, 2.45) is 0 Å². The van der Waals surface area contributed by atoms with E-state index >= 15 is 0 Å². The maximum Gasteiger partial charge on any atom is 0.275 e. The first-order valence-corrected chi connectivity index (χ1v) is 5.82. The third kappa shape index (κ3) is 3.56. The molecule has 1 rings (SSSR count). The highest BCUT2D eigenvalue weighted by Gasteiger charge is 2.19. The summed E-state index contributed by atoms with van der Waals surface area (Å²) in [4.78, 5) is 10.3. The molecule has 0 radical (unpaired) electrons. The molecule has 0 spiro atoms. The van der Waals surface area contributed by atoms with Crippen molar-refractivity contribution in [3.8, 4) is 5.75 Å². The highest BCUT2D eigenvalue weighted by molar-refractivity contribution is 5.47. The average molecular weight is 251 g/mol. The second-order valence-electron chi connectivity index (χ2n) is 3.86. The van der Waals surface area contributed by atoms with Gasteiger partial charge in [0.2, 0.25) is 0 Å². The van der Waals surface area contributed by atoms with Crippen molar-refractivity contribution in [3.05, 3.63) is 46.5 Å². The molecule has 0 fully saturated rings. The number of nitro benzene ring substituents is 1. The smallest absolute Gasteiger partial charge is 0.275 e. The molecule has 0 aliphatic rings. The standard InChI is InChI=1S/C13H17NO4/c1-3-5-8-18-10-6-7-12(14(16)17)11(9-10)13(15)4-2/h4,6-7,9,13,15H,2-3,5,8H2,1H3. The summed E-state index contributed by atoms with van der Waals surface area (Å²) in [5, 5.41) is 20.5. The molecular weight excluding hydrogens is 234 g/mol. The number of ether oxygens (including phenoxy) is 1. The van der Waals surface area contributed by atoms with E-state index < -0.39 is 11.0 Å². The maximum atomic E-state index is 10.8. The molecule has 0 saturated heterocycles. The number of nitro groups is 1. The maximum absolute atomic E-state index is 10.8. The second kappa shape index (κ2) is 6.76. The molecule has 0 aliphatic heterocycles. The van der Waals surface area contributed by atoms with Gasteiger partial charge in [-0.3, -0.25) is 10.1 Å². The normalized spacial score (nSPS) is 11.9. The van der Waals surface area contributed by atoms with E-state index in [1.807, 2.05) is 6.92 Å². The molecule has 0 aliphatic carbocycles. The van der Waals surface area contributed by atoms with E-state index in [0.717, 1.165) is 12.8 Å². The molecule has 1 aromatic rings. The highest BCUT2D eigenvalue weighted by Crippen LogP contribution is 2.29. The van der Waals surface area contributed by atoms with Crippen LogP contribution in [0.15, 0.2) is 30.9 Å². The lowest BCUT2D eigenvalue weighted by Gasteiger charge is -2.10. The van der Waals surface area contributed by atoms with E-state index in [0.29, 0.717) is 12.4 Å². The Labute approximate surface area is 106 Å². The first kappa shape index (κ1) is 14.2. The van der Waals surface area contributed by atoms with Crippen LogP contribution in [0.3, 0.4) is 0 Å². The minimum Gasteiger partial charge on any atom is -0.494 e. The first-order valence-electron chi connectivity index (χ1n) is 5.82. The lowest BCUT2D eigenvalue weighted by molar-refractivity contribution is -0.386. The monoisotopic (exact) mass is 251 g/mol. The number of aliphatic hydroxyl groups is 1. The SMILES string of the molecule is C=CC(O)c1cc(OCCCC)ccc1[N+](=O)[O-]. The molecule has 1 unspecified atom stereocenters. The van der Waals surface area contributed by atoms with Crippen LogP contribution in [-0.2, 0) is 0 Å². The molecule has 98 valence electrons. The highest BCUT2D eigenvalue weighted by atomic mass is 16.6. The number of unbranched alkanes of at least 4 members (excludes halogenated alkanes) is 1. The van der Waals surface area contributed by atoms with Crippen LogP contribution in [0.1, 0.15) is 31.4 Å². The summed E-state index contributed by atoms with van der Waals surface area (Å²) in [6.07, 6.45) is 2.10. The van der Waals surface area contributed by atoms with Crippen LogP contribution in [0.25, 0.3) is 0 Å². The number of rotatable bonds is 7. The van der Waals surface area contributed by atoms with Crippen LogP contribution in [0.5, 0.6) is 5.75 Å². The minimum atomic E-state index is -1.07. The number of nitrogens with zero attached hydrogens (tertiary/aromatic N) is 1. The van der Waals surface area contributed by atoms with Crippen molar-refractivity contribution in [1.82, 2.24) is 0 Å². The zero-order valence-corrected chi connectivity index (χ0v) is 10.3. The Morgan fingerprint density at radius 1 is 1.61 bits per heavy atom. The molecule has 18 heavy (non-hydrogen) atoms. The molecule has 0 amide bonds. The zero-order valence-electron chi connectivity index (χ0n) is 10.3. The van der Waals surface area contributed by atoms with Crippen molar-refractivity contribution in [2.45, 2.75) is 25.9 Å². The quantitative estimate of drug-likeness (QED) is 0.350. The summed E-state index contributed by atoms with van der Waals surface area (Å²) < 4.78 is 5.45. The van der Waals surface area contributed by atoms with Crippen molar-refractivity contribution >= 4 is 5.69 Å². The zero-order chi connectivity index (χ0) is 13.5. The number of hydrogen-bond donors (Lipinski definition) is 1. The number of aliphatic hydroxyl groups excluding tert-OH is 1. The average Bonchev–Trinajstić information content (AvgIpc) is 2.37. The van der Waals surface area contributed by atoms with E-state index in [1.54, 1.807) is 0 Å². The van der Waals surface area contributed by atoms with Crippen molar-refractivity contribution in [1.29, 1.82) is 0 Å². The van der Waals surface area contributed by atoms with E-state index in [2.05, 4.69) is 6.58 Å². The first-order chi connectivity index (χ1) is 8.60.